The zero-order valence-corrected chi connectivity index (χ0v) is 16.9. The van der Waals surface area contributed by atoms with Gasteiger partial charge >= 0.3 is 0 Å². The number of rotatable bonds is 4. The average Bonchev–Trinajstić information content (AvgIpc) is 3.35. The zero-order chi connectivity index (χ0) is 19.7. The number of ether oxygens (including phenoxy) is 1. The third kappa shape index (κ3) is 3.48. The number of anilines is 1. The van der Waals surface area contributed by atoms with Gasteiger partial charge in [0, 0.05) is 34.3 Å². The van der Waals surface area contributed by atoms with Crippen LogP contribution in [0.15, 0.2) is 24.5 Å². The SMILES string of the molecule is N#Cc1c(N2CCOC(CO)C2)sc(-c2ncn[nH]2)c1-c1ccc(Cl)cc1Cl. The topological polar surface area (TPSA) is 98.1 Å². The van der Waals surface area contributed by atoms with Crippen molar-refractivity contribution in [2.75, 3.05) is 31.2 Å². The molecular weight excluding hydrogens is 421 g/mol. The first-order valence-electron chi connectivity index (χ1n) is 8.47. The van der Waals surface area contributed by atoms with Crippen LogP contribution in [-0.2, 0) is 4.74 Å². The summed E-state index contributed by atoms with van der Waals surface area (Å²) in [4.78, 5) is 7.09. The molecule has 1 unspecified atom stereocenters. The van der Waals surface area contributed by atoms with Gasteiger partial charge < -0.3 is 14.7 Å². The molecule has 0 aliphatic carbocycles. The molecular formula is C18H15Cl2N5O2S. The van der Waals surface area contributed by atoms with Crippen LogP contribution < -0.4 is 4.90 Å². The van der Waals surface area contributed by atoms with Crippen molar-refractivity contribution in [3.8, 4) is 27.9 Å². The molecule has 0 bridgehead atoms. The van der Waals surface area contributed by atoms with E-state index >= 15 is 0 Å². The lowest BCUT2D eigenvalue weighted by Gasteiger charge is -2.32. The highest BCUT2D eigenvalue weighted by molar-refractivity contribution is 7.20. The van der Waals surface area contributed by atoms with Crippen LogP contribution in [0.4, 0.5) is 5.00 Å². The van der Waals surface area contributed by atoms with Crippen molar-refractivity contribution in [3.63, 3.8) is 0 Å². The Morgan fingerprint density at radius 2 is 2.29 bits per heavy atom. The number of nitrogens with one attached hydrogen (secondary N) is 1. The fourth-order valence-corrected chi connectivity index (χ4v) is 4.94. The lowest BCUT2D eigenvalue weighted by Crippen LogP contribution is -2.44. The highest BCUT2D eigenvalue weighted by Gasteiger charge is 2.29. The number of aromatic nitrogens is 3. The second kappa shape index (κ2) is 8.07. The highest BCUT2D eigenvalue weighted by atomic mass is 35.5. The first-order valence-corrected chi connectivity index (χ1v) is 10.0. The predicted octanol–water partition coefficient (Wildman–Crippen LogP) is 3.58. The third-order valence-corrected chi connectivity index (χ3v) is 6.27. The molecule has 10 heteroatoms. The molecule has 1 atom stereocenters. The number of aliphatic hydroxyl groups is 1. The summed E-state index contributed by atoms with van der Waals surface area (Å²) in [6.07, 6.45) is 1.13. The van der Waals surface area contributed by atoms with E-state index in [0.717, 1.165) is 9.88 Å². The van der Waals surface area contributed by atoms with Crippen molar-refractivity contribution < 1.29 is 9.84 Å². The second-order valence-corrected chi connectivity index (χ2v) is 8.02. The molecule has 28 heavy (non-hydrogen) atoms. The number of morpholine rings is 1. The summed E-state index contributed by atoms with van der Waals surface area (Å²) in [6, 6.07) is 7.52. The molecule has 1 aromatic carbocycles. The van der Waals surface area contributed by atoms with E-state index < -0.39 is 0 Å². The summed E-state index contributed by atoms with van der Waals surface area (Å²) in [6.45, 7) is 1.52. The molecule has 3 aromatic rings. The van der Waals surface area contributed by atoms with E-state index in [2.05, 4.69) is 26.2 Å². The van der Waals surface area contributed by atoms with Crippen LogP contribution in [0.25, 0.3) is 21.8 Å². The summed E-state index contributed by atoms with van der Waals surface area (Å²) in [5.41, 5.74) is 1.88. The lowest BCUT2D eigenvalue weighted by atomic mass is 10.0. The molecule has 7 nitrogen and oxygen atoms in total. The van der Waals surface area contributed by atoms with Gasteiger partial charge in [-0.05, 0) is 12.1 Å². The number of hydrogen-bond donors (Lipinski definition) is 2. The minimum atomic E-state index is -0.293. The van der Waals surface area contributed by atoms with Gasteiger partial charge in [-0.2, -0.15) is 10.4 Å². The fraction of sp³-hybridized carbons (Fsp3) is 0.278. The van der Waals surface area contributed by atoms with Gasteiger partial charge in [-0.15, -0.1) is 11.3 Å². The molecule has 2 aromatic heterocycles. The Labute approximate surface area is 175 Å². The molecule has 2 N–H and O–H groups in total. The number of hydrogen-bond acceptors (Lipinski definition) is 7. The average molecular weight is 436 g/mol. The van der Waals surface area contributed by atoms with Crippen LogP contribution in [0.5, 0.6) is 0 Å². The first-order chi connectivity index (χ1) is 13.6. The maximum Gasteiger partial charge on any atom is 0.166 e. The number of aliphatic hydroxyl groups excluding tert-OH is 1. The minimum Gasteiger partial charge on any atom is -0.394 e. The van der Waals surface area contributed by atoms with Gasteiger partial charge in [0.25, 0.3) is 0 Å². The normalized spacial score (nSPS) is 16.9. The molecule has 0 saturated carbocycles. The molecule has 0 radical (unpaired) electrons. The molecule has 0 spiro atoms. The van der Waals surface area contributed by atoms with Gasteiger partial charge in [-0.25, -0.2) is 4.98 Å². The Morgan fingerprint density at radius 1 is 1.43 bits per heavy atom. The summed E-state index contributed by atoms with van der Waals surface area (Å²) in [5.74, 6) is 0.556. The van der Waals surface area contributed by atoms with Crippen molar-refractivity contribution in [2.24, 2.45) is 0 Å². The standard InChI is InChI=1S/C18H15Cl2N5O2S/c19-10-1-2-12(14(20)5-10)15-13(6-21)18(25-3-4-27-11(7-25)8-26)28-16(15)17-22-9-23-24-17/h1-2,5,9,11,26H,3-4,7-8H2,(H,22,23,24). The molecule has 1 aliphatic rings. The van der Waals surface area contributed by atoms with Crippen molar-refractivity contribution in [1.82, 2.24) is 15.2 Å². The summed E-state index contributed by atoms with van der Waals surface area (Å²) < 4.78 is 5.54. The number of halogens is 2. The van der Waals surface area contributed by atoms with Crippen LogP contribution in [0.3, 0.4) is 0 Å². The van der Waals surface area contributed by atoms with Crippen molar-refractivity contribution in [1.29, 1.82) is 5.26 Å². The largest absolute Gasteiger partial charge is 0.394 e. The summed E-state index contributed by atoms with van der Waals surface area (Å²) >= 11 is 14.0. The number of thiophene rings is 1. The first kappa shape index (κ1) is 19.2. The Morgan fingerprint density at radius 3 is 2.96 bits per heavy atom. The number of benzene rings is 1. The Hall–Kier alpha value is -2.15. The second-order valence-electron chi connectivity index (χ2n) is 6.18. The van der Waals surface area contributed by atoms with Crippen LogP contribution in [0.1, 0.15) is 5.56 Å². The van der Waals surface area contributed by atoms with Crippen LogP contribution in [0.2, 0.25) is 10.0 Å². The van der Waals surface area contributed by atoms with Gasteiger partial charge in [0.05, 0.1) is 29.8 Å². The van der Waals surface area contributed by atoms with E-state index in [4.69, 9.17) is 27.9 Å². The lowest BCUT2D eigenvalue weighted by molar-refractivity contribution is 0.00373. The van der Waals surface area contributed by atoms with Crippen LogP contribution in [0, 0.1) is 11.3 Å². The van der Waals surface area contributed by atoms with E-state index in [-0.39, 0.29) is 12.7 Å². The molecule has 1 saturated heterocycles. The molecule has 1 aliphatic heterocycles. The smallest absolute Gasteiger partial charge is 0.166 e. The Kier molecular flexibility index (Phi) is 5.53. The van der Waals surface area contributed by atoms with Crippen molar-refractivity contribution in [3.05, 3.63) is 40.1 Å². The molecule has 144 valence electrons. The van der Waals surface area contributed by atoms with E-state index in [9.17, 15) is 10.4 Å². The Bertz CT molecular complexity index is 1030. The predicted molar refractivity (Wildman–Crippen MR) is 109 cm³/mol. The summed E-state index contributed by atoms with van der Waals surface area (Å²) in [7, 11) is 0. The van der Waals surface area contributed by atoms with Gasteiger partial charge in [0.2, 0.25) is 0 Å². The number of H-pyrrole nitrogens is 1. The van der Waals surface area contributed by atoms with Crippen LogP contribution >= 0.6 is 34.5 Å². The highest BCUT2D eigenvalue weighted by Crippen LogP contribution is 2.48. The molecule has 0 amide bonds. The van der Waals surface area contributed by atoms with E-state index in [1.54, 1.807) is 18.2 Å². The summed E-state index contributed by atoms with van der Waals surface area (Å²) in [5, 5.41) is 28.0. The van der Waals surface area contributed by atoms with E-state index in [1.807, 2.05) is 0 Å². The fourth-order valence-electron chi connectivity index (χ4n) is 3.19. The monoisotopic (exact) mass is 435 g/mol. The van der Waals surface area contributed by atoms with E-state index in [1.165, 1.54) is 17.7 Å². The molecule has 3 heterocycles. The van der Waals surface area contributed by atoms with Crippen LogP contribution in [-0.4, -0.2) is 52.7 Å². The van der Waals surface area contributed by atoms with Crippen molar-refractivity contribution in [2.45, 2.75) is 6.10 Å². The zero-order valence-electron chi connectivity index (χ0n) is 14.5. The minimum absolute atomic E-state index is 0.0748. The molecule has 4 rings (SSSR count). The Balaban J connectivity index is 1.91. The maximum atomic E-state index is 10.0. The van der Waals surface area contributed by atoms with E-state index in [0.29, 0.717) is 52.3 Å². The quantitative estimate of drug-likeness (QED) is 0.649. The number of nitriles is 1. The maximum absolute atomic E-state index is 10.0. The third-order valence-electron chi connectivity index (χ3n) is 4.46. The van der Waals surface area contributed by atoms with Gasteiger partial charge in [-0.1, -0.05) is 29.3 Å². The van der Waals surface area contributed by atoms with Gasteiger partial charge in [0.1, 0.15) is 17.4 Å². The number of aromatic amines is 1. The van der Waals surface area contributed by atoms with Crippen molar-refractivity contribution >= 4 is 39.5 Å². The van der Waals surface area contributed by atoms with Gasteiger partial charge in [0.15, 0.2) is 5.82 Å². The number of nitrogens with zero attached hydrogens (tertiary/aromatic N) is 4. The molecule has 1 fully saturated rings. The van der Waals surface area contributed by atoms with Gasteiger partial charge in [-0.3, -0.25) is 5.10 Å².